The monoisotopic (exact) mass is 183 g/mol. The van der Waals surface area contributed by atoms with Crippen molar-refractivity contribution < 1.29 is 4.79 Å². The number of hydrogen-bond donors (Lipinski definition) is 0. The van der Waals surface area contributed by atoms with E-state index in [4.69, 9.17) is 0 Å². The van der Waals surface area contributed by atoms with Crippen molar-refractivity contribution >= 4 is 5.78 Å². The van der Waals surface area contributed by atoms with Crippen molar-refractivity contribution in [1.29, 1.82) is 0 Å². The van der Waals surface area contributed by atoms with Crippen LogP contribution in [-0.4, -0.2) is 24.8 Å². The van der Waals surface area contributed by atoms with Crippen LogP contribution in [0.1, 0.15) is 34.1 Å². The number of hydrogen-bond acceptors (Lipinski definition) is 2. The highest BCUT2D eigenvalue weighted by Gasteiger charge is 2.23. The maximum atomic E-state index is 11.8. The fourth-order valence-corrected chi connectivity index (χ4v) is 1.10. The van der Waals surface area contributed by atoms with Gasteiger partial charge >= 0.3 is 0 Å². The van der Waals surface area contributed by atoms with Crippen LogP contribution in [0.2, 0.25) is 0 Å². The van der Waals surface area contributed by atoms with E-state index in [0.717, 1.165) is 12.0 Å². The Labute approximate surface area is 81.6 Å². The van der Waals surface area contributed by atoms with E-state index in [1.54, 1.807) is 0 Å². The van der Waals surface area contributed by atoms with Crippen molar-refractivity contribution in [3.63, 3.8) is 0 Å². The average molecular weight is 183 g/mol. The topological polar surface area (TPSA) is 20.3 Å². The Morgan fingerprint density at radius 2 is 1.77 bits per heavy atom. The van der Waals surface area contributed by atoms with Crippen molar-refractivity contribution in [3.05, 3.63) is 11.8 Å². The molecule has 0 saturated carbocycles. The summed E-state index contributed by atoms with van der Waals surface area (Å²) in [6, 6.07) is 0. The molecule has 0 radical (unpaired) electrons. The van der Waals surface area contributed by atoms with E-state index in [1.165, 1.54) is 0 Å². The third-order valence-corrected chi connectivity index (χ3v) is 1.77. The van der Waals surface area contributed by atoms with Gasteiger partial charge in [-0.3, -0.25) is 4.79 Å². The van der Waals surface area contributed by atoms with Crippen LogP contribution in [0.4, 0.5) is 0 Å². The van der Waals surface area contributed by atoms with Crippen molar-refractivity contribution in [2.75, 3.05) is 14.1 Å². The number of nitrogens with zero attached hydrogens (tertiary/aromatic N) is 1. The predicted molar refractivity (Wildman–Crippen MR) is 56.5 cm³/mol. The largest absolute Gasteiger partial charge is 0.383 e. The molecule has 0 spiro atoms. The van der Waals surface area contributed by atoms with Gasteiger partial charge in [0.15, 0.2) is 5.78 Å². The highest BCUT2D eigenvalue weighted by molar-refractivity contribution is 5.98. The Bertz CT molecular complexity index is 209. The first-order valence-corrected chi connectivity index (χ1v) is 4.71. The smallest absolute Gasteiger partial charge is 0.165 e. The second-order valence-corrected chi connectivity index (χ2v) is 4.55. The number of Topliss-reactive ketones (excluding diaryl/α,β-unsaturated/α-hetero) is 1. The summed E-state index contributed by atoms with van der Waals surface area (Å²) in [5.74, 6) is 0.240. The van der Waals surface area contributed by atoms with E-state index >= 15 is 0 Å². The minimum Gasteiger partial charge on any atom is -0.383 e. The number of carbonyl (C=O) groups is 1. The summed E-state index contributed by atoms with van der Waals surface area (Å²) in [5.41, 5.74) is 0.634. The Morgan fingerprint density at radius 3 is 2.00 bits per heavy atom. The van der Waals surface area contributed by atoms with Crippen LogP contribution in [0.25, 0.3) is 0 Å². The van der Waals surface area contributed by atoms with Gasteiger partial charge in [-0.2, -0.15) is 0 Å². The Balaban J connectivity index is 4.71. The van der Waals surface area contributed by atoms with Crippen LogP contribution in [0.3, 0.4) is 0 Å². The molecule has 0 rings (SSSR count). The normalized spacial score (nSPS) is 12.9. The summed E-state index contributed by atoms with van der Waals surface area (Å²) in [6.45, 7) is 7.87. The molecule has 2 heteroatoms. The van der Waals surface area contributed by atoms with Crippen molar-refractivity contribution in [2.24, 2.45) is 5.41 Å². The first kappa shape index (κ1) is 12.2. The molecule has 0 aromatic carbocycles. The number of carbonyl (C=O) groups excluding carboxylic acids is 1. The Morgan fingerprint density at radius 1 is 1.31 bits per heavy atom. The minimum atomic E-state index is -0.266. The van der Waals surface area contributed by atoms with E-state index in [9.17, 15) is 4.79 Å². The van der Waals surface area contributed by atoms with E-state index in [1.807, 2.05) is 52.9 Å². The minimum absolute atomic E-state index is 0.240. The molecule has 76 valence electrons. The lowest BCUT2D eigenvalue weighted by atomic mass is 9.86. The summed E-state index contributed by atoms with van der Waals surface area (Å²) in [5, 5.41) is 0. The molecular formula is C11H21NO. The van der Waals surface area contributed by atoms with Gasteiger partial charge in [-0.05, 0) is 6.42 Å². The summed E-state index contributed by atoms with van der Waals surface area (Å²) in [4.78, 5) is 13.8. The first-order valence-electron chi connectivity index (χ1n) is 4.71. The predicted octanol–water partition coefficient (Wildman–Crippen LogP) is 2.46. The van der Waals surface area contributed by atoms with Crippen molar-refractivity contribution in [1.82, 2.24) is 4.90 Å². The highest BCUT2D eigenvalue weighted by Crippen LogP contribution is 2.21. The van der Waals surface area contributed by atoms with Gasteiger partial charge in [-0.1, -0.05) is 27.7 Å². The van der Waals surface area contributed by atoms with E-state index in [0.29, 0.717) is 0 Å². The van der Waals surface area contributed by atoms with Crippen LogP contribution in [0, 0.1) is 5.41 Å². The Kier molecular flexibility index (Phi) is 4.18. The molecule has 0 aromatic rings. The fraction of sp³-hybridized carbons (Fsp3) is 0.727. The van der Waals surface area contributed by atoms with Crippen LogP contribution < -0.4 is 0 Å². The lowest BCUT2D eigenvalue weighted by Crippen LogP contribution is -2.23. The molecule has 0 atom stereocenters. The molecule has 0 aliphatic rings. The summed E-state index contributed by atoms with van der Waals surface area (Å²) >= 11 is 0. The fourth-order valence-electron chi connectivity index (χ4n) is 1.10. The van der Waals surface area contributed by atoms with E-state index in [2.05, 4.69) is 0 Å². The van der Waals surface area contributed by atoms with Gasteiger partial charge in [0.1, 0.15) is 0 Å². The quantitative estimate of drug-likeness (QED) is 0.626. The van der Waals surface area contributed by atoms with Gasteiger partial charge in [0.05, 0.1) is 0 Å². The summed E-state index contributed by atoms with van der Waals surface area (Å²) in [7, 11) is 3.87. The van der Waals surface area contributed by atoms with Crippen LogP contribution in [-0.2, 0) is 4.79 Å². The molecule has 0 aliphatic heterocycles. The zero-order valence-electron chi connectivity index (χ0n) is 9.64. The van der Waals surface area contributed by atoms with Gasteiger partial charge in [0.25, 0.3) is 0 Å². The zero-order valence-corrected chi connectivity index (χ0v) is 9.64. The van der Waals surface area contributed by atoms with E-state index in [-0.39, 0.29) is 11.2 Å². The van der Waals surface area contributed by atoms with Gasteiger partial charge in [0, 0.05) is 31.3 Å². The van der Waals surface area contributed by atoms with Gasteiger partial charge in [-0.15, -0.1) is 0 Å². The highest BCUT2D eigenvalue weighted by atomic mass is 16.1. The molecule has 0 amide bonds. The number of ketones is 1. The molecule has 0 aliphatic carbocycles. The van der Waals surface area contributed by atoms with Crippen molar-refractivity contribution in [2.45, 2.75) is 34.1 Å². The van der Waals surface area contributed by atoms with Crippen LogP contribution in [0.15, 0.2) is 11.8 Å². The molecule has 0 N–H and O–H groups in total. The maximum absolute atomic E-state index is 11.8. The zero-order chi connectivity index (χ0) is 10.6. The van der Waals surface area contributed by atoms with Crippen LogP contribution >= 0.6 is 0 Å². The maximum Gasteiger partial charge on any atom is 0.165 e. The summed E-state index contributed by atoms with van der Waals surface area (Å²) in [6.07, 6.45) is 2.71. The molecular weight excluding hydrogens is 162 g/mol. The molecule has 0 saturated heterocycles. The van der Waals surface area contributed by atoms with Gasteiger partial charge in [0.2, 0.25) is 0 Å². The summed E-state index contributed by atoms with van der Waals surface area (Å²) < 4.78 is 0. The number of rotatable bonds is 3. The standard InChI is InChI=1S/C11H21NO/c1-7-9(8-12(5)6)10(13)11(2,3)4/h8H,7H2,1-6H3/b9-8+. The first-order chi connectivity index (χ1) is 5.79. The average Bonchev–Trinajstić information content (AvgIpc) is 1.96. The number of allylic oxidation sites excluding steroid dienone is 1. The SMILES string of the molecule is CC/C(=C\N(C)C)C(=O)C(C)(C)C. The van der Waals surface area contributed by atoms with Gasteiger partial charge in [-0.25, -0.2) is 0 Å². The third kappa shape index (κ3) is 4.11. The lowest BCUT2D eigenvalue weighted by Gasteiger charge is -2.19. The third-order valence-electron chi connectivity index (χ3n) is 1.77. The molecule has 0 heterocycles. The van der Waals surface area contributed by atoms with Gasteiger partial charge < -0.3 is 4.90 Å². The molecule has 13 heavy (non-hydrogen) atoms. The second-order valence-electron chi connectivity index (χ2n) is 4.55. The molecule has 0 bridgehead atoms. The molecule has 2 nitrogen and oxygen atoms in total. The Hall–Kier alpha value is -0.790. The second kappa shape index (κ2) is 4.45. The van der Waals surface area contributed by atoms with E-state index < -0.39 is 0 Å². The molecule has 0 fully saturated rings. The molecule has 0 aromatic heterocycles. The van der Waals surface area contributed by atoms with Crippen molar-refractivity contribution in [3.8, 4) is 0 Å². The lowest BCUT2D eigenvalue weighted by molar-refractivity contribution is -0.122. The molecule has 0 unspecified atom stereocenters. The van der Waals surface area contributed by atoms with Crippen LogP contribution in [0.5, 0.6) is 0 Å².